The first-order valence-electron chi connectivity index (χ1n) is 7.66. The van der Waals surface area contributed by atoms with Crippen LogP contribution >= 0.6 is 0 Å². The van der Waals surface area contributed by atoms with Crippen LogP contribution in [0.25, 0.3) is 0 Å². The number of hydrogen-bond donors (Lipinski definition) is 1. The first-order valence-corrected chi connectivity index (χ1v) is 9.50. The lowest BCUT2D eigenvalue weighted by Gasteiger charge is -2.33. The van der Waals surface area contributed by atoms with Gasteiger partial charge < -0.3 is 9.84 Å². The summed E-state index contributed by atoms with van der Waals surface area (Å²) in [7, 11) is -3.11. The van der Waals surface area contributed by atoms with Crippen molar-refractivity contribution in [3.63, 3.8) is 0 Å². The maximum absolute atomic E-state index is 11.6. The minimum atomic E-state index is -3.11. The molecule has 0 aromatic rings. The third-order valence-corrected chi connectivity index (χ3v) is 5.81. The molecule has 21 heavy (non-hydrogen) atoms. The summed E-state index contributed by atoms with van der Waals surface area (Å²) >= 11 is 0. The first-order chi connectivity index (χ1) is 9.86. The number of aliphatic carboxylic acids is 1. The van der Waals surface area contributed by atoms with Gasteiger partial charge in [0.1, 0.15) is 0 Å². The second-order valence-electron chi connectivity index (χ2n) is 6.27. The molecular formula is C14H25NO5S. The topological polar surface area (TPSA) is 83.9 Å². The largest absolute Gasteiger partial charge is 0.481 e. The summed E-state index contributed by atoms with van der Waals surface area (Å²) in [5.74, 6) is -0.671. The van der Waals surface area contributed by atoms with Gasteiger partial charge >= 0.3 is 5.97 Å². The van der Waals surface area contributed by atoms with Gasteiger partial charge in [0.05, 0.1) is 24.9 Å². The van der Waals surface area contributed by atoms with E-state index >= 15 is 0 Å². The second kappa shape index (κ2) is 7.07. The molecule has 1 N–H and O–H groups in total. The van der Waals surface area contributed by atoms with E-state index in [1.165, 1.54) is 10.6 Å². The predicted octanol–water partition coefficient (Wildman–Crippen LogP) is 1.32. The molecule has 1 aliphatic heterocycles. The molecule has 122 valence electrons. The number of ether oxygens (including phenoxy) is 1. The number of piperidine rings is 1. The van der Waals surface area contributed by atoms with E-state index in [1.54, 1.807) is 0 Å². The van der Waals surface area contributed by atoms with E-state index in [2.05, 4.69) is 0 Å². The highest BCUT2D eigenvalue weighted by Crippen LogP contribution is 2.27. The molecule has 1 aliphatic carbocycles. The second-order valence-corrected chi connectivity index (χ2v) is 8.26. The van der Waals surface area contributed by atoms with Crippen molar-refractivity contribution in [3.05, 3.63) is 0 Å². The molecule has 2 aliphatic rings. The van der Waals surface area contributed by atoms with E-state index in [0.29, 0.717) is 32.5 Å². The van der Waals surface area contributed by atoms with Crippen molar-refractivity contribution in [2.45, 2.75) is 44.6 Å². The smallest absolute Gasteiger partial charge is 0.306 e. The third-order valence-electron chi connectivity index (χ3n) is 4.54. The van der Waals surface area contributed by atoms with Crippen LogP contribution in [0.2, 0.25) is 0 Å². The summed E-state index contributed by atoms with van der Waals surface area (Å²) in [6, 6.07) is 0. The van der Waals surface area contributed by atoms with E-state index in [-0.39, 0.29) is 17.9 Å². The summed E-state index contributed by atoms with van der Waals surface area (Å²) in [5, 5.41) is 8.96. The van der Waals surface area contributed by atoms with Gasteiger partial charge in [-0.3, -0.25) is 4.79 Å². The summed E-state index contributed by atoms with van der Waals surface area (Å²) in [4.78, 5) is 10.9. The molecule has 0 spiro atoms. The molecule has 0 aromatic heterocycles. The van der Waals surface area contributed by atoms with Crippen LogP contribution < -0.4 is 0 Å². The fraction of sp³-hybridized carbons (Fsp3) is 0.929. The standard InChI is InChI=1S/C14H25NO5S/c1-21(18,19)15-8-2-3-11(9-15)10-20-13-6-4-12(5-7-13)14(16)17/h11-13H,2-10H2,1H3,(H,16,17). The lowest BCUT2D eigenvalue weighted by Crippen LogP contribution is -2.41. The van der Waals surface area contributed by atoms with E-state index in [0.717, 1.165) is 25.7 Å². The normalized spacial score (nSPS) is 32.0. The van der Waals surface area contributed by atoms with Gasteiger partial charge in [-0.2, -0.15) is 0 Å². The zero-order valence-electron chi connectivity index (χ0n) is 12.5. The molecule has 0 bridgehead atoms. The van der Waals surface area contributed by atoms with Gasteiger partial charge in [-0.15, -0.1) is 0 Å². The molecule has 2 rings (SSSR count). The molecule has 6 nitrogen and oxygen atoms in total. The maximum Gasteiger partial charge on any atom is 0.306 e. The van der Waals surface area contributed by atoms with Crippen LogP contribution in [0.3, 0.4) is 0 Å². The van der Waals surface area contributed by atoms with Crippen molar-refractivity contribution >= 4 is 16.0 Å². The average Bonchev–Trinajstić information content (AvgIpc) is 2.45. The fourth-order valence-corrected chi connectivity index (χ4v) is 4.16. The summed E-state index contributed by atoms with van der Waals surface area (Å²) in [5.41, 5.74) is 0. The highest BCUT2D eigenvalue weighted by Gasteiger charge is 2.29. The van der Waals surface area contributed by atoms with Crippen LogP contribution in [-0.4, -0.2) is 55.9 Å². The average molecular weight is 319 g/mol. The van der Waals surface area contributed by atoms with Crippen molar-refractivity contribution in [2.24, 2.45) is 11.8 Å². The van der Waals surface area contributed by atoms with E-state index in [1.807, 2.05) is 0 Å². The molecule has 0 amide bonds. The lowest BCUT2D eigenvalue weighted by molar-refractivity contribution is -0.143. The third kappa shape index (κ3) is 4.93. The lowest BCUT2D eigenvalue weighted by atomic mass is 9.87. The summed E-state index contributed by atoms with van der Waals surface area (Å²) < 4.78 is 30.6. The maximum atomic E-state index is 11.6. The molecule has 0 radical (unpaired) electrons. The van der Waals surface area contributed by atoms with Gasteiger partial charge in [-0.1, -0.05) is 0 Å². The molecule has 1 saturated carbocycles. The molecule has 1 heterocycles. The molecule has 1 saturated heterocycles. The van der Waals surface area contributed by atoms with Crippen molar-refractivity contribution in [1.82, 2.24) is 4.31 Å². The summed E-state index contributed by atoms with van der Waals surface area (Å²) in [6.07, 6.45) is 6.21. The van der Waals surface area contributed by atoms with Crippen LogP contribution in [0.5, 0.6) is 0 Å². The number of hydrogen-bond acceptors (Lipinski definition) is 4. The molecular weight excluding hydrogens is 294 g/mol. The van der Waals surface area contributed by atoms with Crippen molar-refractivity contribution in [2.75, 3.05) is 26.0 Å². The Morgan fingerprint density at radius 2 is 1.90 bits per heavy atom. The molecule has 7 heteroatoms. The van der Waals surface area contributed by atoms with Gasteiger partial charge in [0.15, 0.2) is 0 Å². The predicted molar refractivity (Wildman–Crippen MR) is 78.5 cm³/mol. The van der Waals surface area contributed by atoms with Gasteiger partial charge in [-0.05, 0) is 44.4 Å². The molecule has 2 fully saturated rings. The van der Waals surface area contributed by atoms with Crippen molar-refractivity contribution < 1.29 is 23.1 Å². The SMILES string of the molecule is CS(=O)(=O)N1CCCC(COC2CCC(C(=O)O)CC2)C1. The van der Waals surface area contributed by atoms with Crippen LogP contribution in [-0.2, 0) is 19.6 Å². The number of carboxylic acids is 1. The molecule has 1 atom stereocenters. The first kappa shape index (κ1) is 16.7. The molecule has 1 unspecified atom stereocenters. The van der Waals surface area contributed by atoms with Crippen LogP contribution in [0.1, 0.15) is 38.5 Å². The quantitative estimate of drug-likeness (QED) is 0.826. The summed E-state index contributed by atoms with van der Waals surface area (Å²) in [6.45, 7) is 1.73. The van der Waals surface area contributed by atoms with E-state index in [9.17, 15) is 13.2 Å². The van der Waals surface area contributed by atoms with Gasteiger partial charge in [-0.25, -0.2) is 12.7 Å². The Hall–Kier alpha value is -0.660. The van der Waals surface area contributed by atoms with Crippen LogP contribution in [0.15, 0.2) is 0 Å². The Morgan fingerprint density at radius 1 is 1.24 bits per heavy atom. The monoisotopic (exact) mass is 319 g/mol. The Morgan fingerprint density at radius 3 is 2.48 bits per heavy atom. The highest BCUT2D eigenvalue weighted by atomic mass is 32.2. The minimum absolute atomic E-state index is 0.134. The number of carbonyl (C=O) groups is 1. The fourth-order valence-electron chi connectivity index (χ4n) is 3.21. The number of nitrogens with zero attached hydrogens (tertiary/aromatic N) is 1. The Balaban J connectivity index is 1.73. The number of rotatable bonds is 5. The Kier molecular flexibility index (Phi) is 5.62. The highest BCUT2D eigenvalue weighted by molar-refractivity contribution is 7.88. The zero-order chi connectivity index (χ0) is 15.5. The van der Waals surface area contributed by atoms with Crippen molar-refractivity contribution in [3.8, 4) is 0 Å². The van der Waals surface area contributed by atoms with Crippen molar-refractivity contribution in [1.29, 1.82) is 0 Å². The zero-order valence-corrected chi connectivity index (χ0v) is 13.3. The Labute approximate surface area is 126 Å². The number of sulfonamides is 1. The van der Waals surface area contributed by atoms with Crippen LogP contribution in [0, 0.1) is 11.8 Å². The van der Waals surface area contributed by atoms with Gasteiger partial charge in [0.2, 0.25) is 10.0 Å². The Bertz CT molecular complexity index is 456. The minimum Gasteiger partial charge on any atom is -0.481 e. The van der Waals surface area contributed by atoms with Gasteiger partial charge in [0, 0.05) is 13.1 Å². The molecule has 0 aromatic carbocycles. The van der Waals surface area contributed by atoms with Gasteiger partial charge in [0.25, 0.3) is 0 Å². The van der Waals surface area contributed by atoms with E-state index < -0.39 is 16.0 Å². The van der Waals surface area contributed by atoms with E-state index in [4.69, 9.17) is 9.84 Å². The number of carboxylic acid groups (broad SMARTS) is 1. The van der Waals surface area contributed by atoms with Crippen LogP contribution in [0.4, 0.5) is 0 Å².